The van der Waals surface area contributed by atoms with Crippen molar-refractivity contribution < 1.29 is 4.42 Å². The third-order valence-electron chi connectivity index (χ3n) is 6.47. The van der Waals surface area contributed by atoms with Crippen LogP contribution in [0.1, 0.15) is 38.1 Å². The third-order valence-corrected chi connectivity index (χ3v) is 6.83. The van der Waals surface area contributed by atoms with Crippen LogP contribution in [0.4, 0.5) is 5.82 Å². The normalized spacial score (nSPS) is 15.0. The molecular weight excluding hydrogens is 422 g/mol. The molecule has 0 aliphatic heterocycles. The largest absolute Gasteiger partial charge is 0.451 e. The summed E-state index contributed by atoms with van der Waals surface area (Å²) in [6, 6.07) is 8.40. The van der Waals surface area contributed by atoms with Gasteiger partial charge in [-0.1, -0.05) is 49.1 Å². The van der Waals surface area contributed by atoms with E-state index >= 15 is 0 Å². The van der Waals surface area contributed by atoms with Gasteiger partial charge in [0.15, 0.2) is 17.2 Å². The molecule has 0 saturated heterocycles. The standard InChI is InChI=1S/C25H22ClN5O/c26-22-21-20(16-12-30-31(14-16)17-6-2-1-3-7-17)13-29-25(27)24(21)32-23(22)19-8-4-5-15-11-28-10-9-18(15)19/h4-5,8-14,17H,1-3,6-7H2,(H2,27,29). The second kappa shape index (κ2) is 7.64. The van der Waals surface area contributed by atoms with Gasteiger partial charge in [0.2, 0.25) is 0 Å². The highest BCUT2D eigenvalue weighted by atomic mass is 35.5. The van der Waals surface area contributed by atoms with E-state index in [1.54, 1.807) is 12.4 Å². The van der Waals surface area contributed by atoms with Crippen molar-refractivity contribution >= 4 is 39.2 Å². The van der Waals surface area contributed by atoms with Gasteiger partial charge >= 0.3 is 0 Å². The van der Waals surface area contributed by atoms with E-state index in [4.69, 9.17) is 21.8 Å². The van der Waals surface area contributed by atoms with Gasteiger partial charge in [0.1, 0.15) is 0 Å². The second-order valence-electron chi connectivity index (χ2n) is 8.41. The maximum atomic E-state index is 6.95. The first-order valence-corrected chi connectivity index (χ1v) is 11.3. The smallest absolute Gasteiger partial charge is 0.179 e. The van der Waals surface area contributed by atoms with E-state index in [9.17, 15) is 0 Å². The monoisotopic (exact) mass is 443 g/mol. The summed E-state index contributed by atoms with van der Waals surface area (Å²) in [6.45, 7) is 0. The Morgan fingerprint density at radius 1 is 1.03 bits per heavy atom. The molecule has 1 aliphatic rings. The first kappa shape index (κ1) is 19.3. The highest BCUT2D eigenvalue weighted by Gasteiger charge is 2.23. The average molecular weight is 444 g/mol. The van der Waals surface area contributed by atoms with Gasteiger partial charge in [-0.2, -0.15) is 5.10 Å². The minimum absolute atomic E-state index is 0.318. The van der Waals surface area contributed by atoms with E-state index < -0.39 is 0 Å². The number of pyridine rings is 2. The van der Waals surface area contributed by atoms with Crippen LogP contribution in [0.25, 0.3) is 44.2 Å². The van der Waals surface area contributed by atoms with Gasteiger partial charge in [-0.05, 0) is 24.3 Å². The quantitative estimate of drug-likeness (QED) is 0.337. The van der Waals surface area contributed by atoms with Crippen LogP contribution in [0.2, 0.25) is 5.02 Å². The summed E-state index contributed by atoms with van der Waals surface area (Å²) >= 11 is 6.95. The van der Waals surface area contributed by atoms with E-state index in [1.165, 1.54) is 32.1 Å². The van der Waals surface area contributed by atoms with Crippen molar-refractivity contribution in [3.63, 3.8) is 0 Å². The molecule has 6 rings (SSSR count). The molecule has 0 unspecified atom stereocenters. The van der Waals surface area contributed by atoms with E-state index in [0.717, 1.165) is 32.8 Å². The third kappa shape index (κ3) is 3.06. The molecule has 32 heavy (non-hydrogen) atoms. The molecule has 5 aromatic rings. The molecule has 0 bridgehead atoms. The van der Waals surface area contributed by atoms with Crippen LogP contribution >= 0.6 is 11.6 Å². The molecule has 0 amide bonds. The number of nitrogens with two attached hydrogens (primary N) is 1. The number of rotatable bonds is 3. The topological polar surface area (TPSA) is 82.8 Å². The zero-order valence-electron chi connectivity index (χ0n) is 17.5. The van der Waals surface area contributed by atoms with Gasteiger partial charge in [-0.25, -0.2) is 4.98 Å². The number of anilines is 1. The van der Waals surface area contributed by atoms with E-state index in [-0.39, 0.29) is 0 Å². The van der Waals surface area contributed by atoms with Gasteiger partial charge in [0.05, 0.1) is 22.6 Å². The number of hydrogen-bond acceptors (Lipinski definition) is 5. The lowest BCUT2D eigenvalue weighted by atomic mass is 9.96. The number of aromatic nitrogens is 4. The molecule has 4 heterocycles. The summed E-state index contributed by atoms with van der Waals surface area (Å²) in [5, 5.41) is 7.98. The van der Waals surface area contributed by atoms with Crippen molar-refractivity contribution in [2.24, 2.45) is 0 Å². The number of halogens is 1. The molecule has 160 valence electrons. The molecule has 6 nitrogen and oxygen atoms in total. The lowest BCUT2D eigenvalue weighted by Crippen LogP contribution is -2.12. The number of benzene rings is 1. The summed E-state index contributed by atoms with van der Waals surface area (Å²) in [5.41, 5.74) is 9.44. The highest BCUT2D eigenvalue weighted by Crippen LogP contribution is 2.45. The first-order chi connectivity index (χ1) is 15.7. The average Bonchev–Trinajstić information content (AvgIpc) is 3.46. The Morgan fingerprint density at radius 2 is 1.91 bits per heavy atom. The fraction of sp³-hybridized carbons (Fsp3) is 0.240. The summed E-state index contributed by atoms with van der Waals surface area (Å²) in [7, 11) is 0. The number of hydrogen-bond donors (Lipinski definition) is 1. The molecule has 4 aromatic heterocycles. The molecule has 7 heteroatoms. The minimum Gasteiger partial charge on any atom is -0.451 e. The van der Waals surface area contributed by atoms with E-state index in [0.29, 0.717) is 28.2 Å². The van der Waals surface area contributed by atoms with Crippen LogP contribution in [0.3, 0.4) is 0 Å². The molecule has 0 spiro atoms. The Bertz CT molecular complexity index is 1440. The zero-order chi connectivity index (χ0) is 21.7. The molecule has 1 aromatic carbocycles. The van der Waals surface area contributed by atoms with Crippen LogP contribution in [0, 0.1) is 0 Å². The zero-order valence-corrected chi connectivity index (χ0v) is 18.2. The van der Waals surface area contributed by atoms with Gasteiger partial charge < -0.3 is 10.2 Å². The lowest BCUT2D eigenvalue weighted by Gasteiger charge is -2.21. The summed E-state index contributed by atoms with van der Waals surface area (Å²) in [5.74, 6) is 0.901. The van der Waals surface area contributed by atoms with Crippen LogP contribution < -0.4 is 5.73 Å². The molecular formula is C25H22ClN5O. The maximum absolute atomic E-state index is 6.95. The summed E-state index contributed by atoms with van der Waals surface area (Å²) in [4.78, 5) is 8.61. The second-order valence-corrected chi connectivity index (χ2v) is 8.79. The minimum atomic E-state index is 0.318. The van der Waals surface area contributed by atoms with Gasteiger partial charge in [0.25, 0.3) is 0 Å². The Morgan fingerprint density at radius 3 is 2.78 bits per heavy atom. The van der Waals surface area contributed by atoms with Crippen molar-refractivity contribution in [1.82, 2.24) is 19.7 Å². The summed E-state index contributed by atoms with van der Waals surface area (Å²) < 4.78 is 8.33. The van der Waals surface area contributed by atoms with Crippen molar-refractivity contribution in [3.8, 4) is 22.5 Å². The lowest BCUT2D eigenvalue weighted by molar-refractivity contribution is 0.329. The molecule has 1 saturated carbocycles. The van der Waals surface area contributed by atoms with Crippen molar-refractivity contribution in [1.29, 1.82) is 0 Å². The number of nitrogens with zero attached hydrogens (tertiary/aromatic N) is 4. The van der Waals surface area contributed by atoms with Crippen LogP contribution in [-0.4, -0.2) is 19.7 Å². The Balaban J connectivity index is 1.52. The number of nitrogen functional groups attached to an aromatic ring is 1. The molecule has 0 radical (unpaired) electrons. The fourth-order valence-electron chi connectivity index (χ4n) is 4.82. The van der Waals surface area contributed by atoms with Gasteiger partial charge in [-0.3, -0.25) is 9.67 Å². The SMILES string of the molecule is Nc1ncc(-c2cnn(C3CCCCC3)c2)c2c(Cl)c(-c3cccc4cnccc34)oc12. The molecule has 0 atom stereocenters. The van der Waals surface area contributed by atoms with Gasteiger partial charge in [0, 0.05) is 46.9 Å². The molecule has 1 fully saturated rings. The Labute approximate surface area is 190 Å². The molecule has 1 aliphatic carbocycles. The highest BCUT2D eigenvalue weighted by molar-refractivity contribution is 6.39. The maximum Gasteiger partial charge on any atom is 0.179 e. The van der Waals surface area contributed by atoms with Gasteiger partial charge in [-0.15, -0.1) is 0 Å². The van der Waals surface area contributed by atoms with Crippen molar-refractivity contribution in [2.45, 2.75) is 38.1 Å². The fourth-order valence-corrected chi connectivity index (χ4v) is 5.15. The molecule has 2 N–H and O–H groups in total. The number of furan rings is 1. The number of fused-ring (bicyclic) bond motifs is 2. The van der Waals surface area contributed by atoms with Crippen molar-refractivity contribution in [2.75, 3.05) is 5.73 Å². The van der Waals surface area contributed by atoms with Crippen LogP contribution in [0.5, 0.6) is 0 Å². The van der Waals surface area contributed by atoms with Crippen molar-refractivity contribution in [3.05, 3.63) is 60.3 Å². The Kier molecular flexibility index (Phi) is 4.61. The van der Waals surface area contributed by atoms with E-state index in [2.05, 4.69) is 25.9 Å². The van der Waals surface area contributed by atoms with Crippen LogP contribution in [-0.2, 0) is 0 Å². The predicted octanol–water partition coefficient (Wildman–Crippen LogP) is 6.65. The first-order valence-electron chi connectivity index (χ1n) is 10.9. The summed E-state index contributed by atoms with van der Waals surface area (Å²) in [6.07, 6.45) is 15.5. The predicted molar refractivity (Wildman–Crippen MR) is 128 cm³/mol. The van der Waals surface area contributed by atoms with E-state index in [1.807, 2.05) is 36.7 Å². The van der Waals surface area contributed by atoms with Crippen LogP contribution in [0.15, 0.2) is 59.7 Å². The Hall–Kier alpha value is -3.38.